The summed E-state index contributed by atoms with van der Waals surface area (Å²) in [6, 6.07) is 12.1. The molecule has 0 aliphatic rings. The van der Waals surface area contributed by atoms with E-state index < -0.39 is 6.03 Å². The number of aliphatic hydroxyl groups is 1. The van der Waals surface area contributed by atoms with Crippen LogP contribution in [0.5, 0.6) is 5.75 Å². The van der Waals surface area contributed by atoms with E-state index in [0.29, 0.717) is 36.6 Å². The predicted molar refractivity (Wildman–Crippen MR) is 99.5 cm³/mol. The largest absolute Gasteiger partial charge is 0.497 e. The Kier molecular flexibility index (Phi) is 6.62. The minimum absolute atomic E-state index is 0.0228. The van der Waals surface area contributed by atoms with Crippen LogP contribution in [0.1, 0.15) is 5.56 Å². The number of primary amides is 1. The molecular formula is C18H24N4O3. The van der Waals surface area contributed by atoms with Gasteiger partial charge in [0.1, 0.15) is 5.75 Å². The standard InChI is InChI=1S/C18H24N4O3/c1-25-16-11-14(21-8-7-19)10-15(12-16)22(18(20)24)17-5-3-2-4-13(17)6-9-23/h2-5,10-12,21,23H,6-9,19H2,1H3,(H2,20,24). The Morgan fingerprint density at radius 3 is 2.68 bits per heavy atom. The average Bonchev–Trinajstić information content (AvgIpc) is 2.61. The Hall–Kier alpha value is -2.77. The fraction of sp³-hybridized carbons (Fsp3) is 0.278. The highest BCUT2D eigenvalue weighted by Gasteiger charge is 2.19. The molecule has 0 aromatic heterocycles. The van der Waals surface area contributed by atoms with Gasteiger partial charge in [0.15, 0.2) is 0 Å². The molecule has 0 aliphatic heterocycles. The number of benzene rings is 2. The number of nitrogens with two attached hydrogens (primary N) is 2. The van der Waals surface area contributed by atoms with Gasteiger partial charge in [-0.15, -0.1) is 0 Å². The molecule has 7 heteroatoms. The number of urea groups is 1. The molecule has 25 heavy (non-hydrogen) atoms. The summed E-state index contributed by atoms with van der Waals surface area (Å²) < 4.78 is 5.33. The summed E-state index contributed by atoms with van der Waals surface area (Å²) in [6.45, 7) is 1.04. The highest BCUT2D eigenvalue weighted by molar-refractivity contribution is 5.99. The quantitative estimate of drug-likeness (QED) is 0.583. The Bertz CT molecular complexity index is 721. The number of nitrogens with one attached hydrogen (secondary N) is 1. The molecule has 2 amide bonds. The first-order valence-corrected chi connectivity index (χ1v) is 8.02. The van der Waals surface area contributed by atoms with Crippen molar-refractivity contribution in [3.05, 3.63) is 48.0 Å². The van der Waals surface area contributed by atoms with E-state index in [2.05, 4.69) is 5.32 Å². The van der Waals surface area contributed by atoms with E-state index in [9.17, 15) is 9.90 Å². The van der Waals surface area contributed by atoms with Gasteiger partial charge in [-0.3, -0.25) is 4.90 Å². The van der Waals surface area contributed by atoms with Gasteiger partial charge in [-0.1, -0.05) is 18.2 Å². The van der Waals surface area contributed by atoms with Crippen molar-refractivity contribution in [1.82, 2.24) is 0 Å². The maximum atomic E-state index is 12.2. The first-order valence-electron chi connectivity index (χ1n) is 8.02. The second-order valence-electron chi connectivity index (χ2n) is 5.41. The highest BCUT2D eigenvalue weighted by Crippen LogP contribution is 2.33. The molecule has 2 rings (SSSR count). The maximum absolute atomic E-state index is 12.2. The monoisotopic (exact) mass is 344 g/mol. The van der Waals surface area contributed by atoms with Gasteiger partial charge in [0.25, 0.3) is 0 Å². The van der Waals surface area contributed by atoms with Crippen molar-refractivity contribution in [2.75, 3.05) is 37.0 Å². The van der Waals surface area contributed by atoms with E-state index in [1.54, 1.807) is 25.3 Å². The second kappa shape index (κ2) is 8.91. The molecule has 2 aromatic carbocycles. The smallest absolute Gasteiger partial charge is 0.323 e. The molecule has 0 saturated heterocycles. The zero-order valence-corrected chi connectivity index (χ0v) is 14.2. The molecule has 0 radical (unpaired) electrons. The molecule has 0 atom stereocenters. The van der Waals surface area contributed by atoms with Crippen molar-refractivity contribution in [2.24, 2.45) is 11.5 Å². The van der Waals surface area contributed by atoms with E-state index in [1.807, 2.05) is 24.3 Å². The van der Waals surface area contributed by atoms with Crippen LogP contribution in [0.2, 0.25) is 0 Å². The number of nitrogens with zero attached hydrogens (tertiary/aromatic N) is 1. The number of hydrogen-bond acceptors (Lipinski definition) is 5. The van der Waals surface area contributed by atoms with Crippen molar-refractivity contribution < 1.29 is 14.6 Å². The topological polar surface area (TPSA) is 114 Å². The van der Waals surface area contributed by atoms with E-state index in [1.165, 1.54) is 4.90 Å². The summed E-state index contributed by atoms with van der Waals surface area (Å²) in [5, 5.41) is 12.5. The molecule has 0 fully saturated rings. The van der Waals surface area contributed by atoms with Crippen LogP contribution in [-0.2, 0) is 6.42 Å². The van der Waals surface area contributed by atoms with Crippen molar-refractivity contribution >= 4 is 23.1 Å². The molecule has 0 heterocycles. The second-order valence-corrected chi connectivity index (χ2v) is 5.41. The molecule has 2 aromatic rings. The van der Waals surface area contributed by atoms with Crippen LogP contribution in [-0.4, -0.2) is 37.9 Å². The lowest BCUT2D eigenvalue weighted by Gasteiger charge is -2.24. The SMILES string of the molecule is COc1cc(NCCN)cc(N(C(N)=O)c2ccccc2CCO)c1. The van der Waals surface area contributed by atoms with Crippen molar-refractivity contribution in [1.29, 1.82) is 0 Å². The third-order valence-electron chi connectivity index (χ3n) is 3.69. The van der Waals surface area contributed by atoms with Gasteiger partial charge in [-0.05, 0) is 24.1 Å². The number of methoxy groups -OCH3 is 1. The summed E-state index contributed by atoms with van der Waals surface area (Å²) in [7, 11) is 1.56. The minimum atomic E-state index is -0.622. The highest BCUT2D eigenvalue weighted by atomic mass is 16.5. The number of rotatable bonds is 8. The van der Waals surface area contributed by atoms with Crippen molar-refractivity contribution in [3.63, 3.8) is 0 Å². The molecular weight excluding hydrogens is 320 g/mol. The van der Waals surface area contributed by atoms with E-state index in [0.717, 1.165) is 11.3 Å². The average molecular weight is 344 g/mol. The lowest BCUT2D eigenvalue weighted by atomic mass is 10.1. The Labute approximate surface area is 147 Å². The summed E-state index contributed by atoms with van der Waals surface area (Å²) in [5.41, 5.74) is 14.0. The minimum Gasteiger partial charge on any atom is -0.497 e. The van der Waals surface area contributed by atoms with Crippen LogP contribution in [0.15, 0.2) is 42.5 Å². The first-order chi connectivity index (χ1) is 12.1. The van der Waals surface area contributed by atoms with Gasteiger partial charge < -0.3 is 26.6 Å². The Balaban J connectivity index is 2.52. The number of amides is 2. The van der Waals surface area contributed by atoms with E-state index in [-0.39, 0.29) is 6.61 Å². The number of aliphatic hydroxyl groups excluding tert-OH is 1. The summed E-state index contributed by atoms with van der Waals surface area (Å²) in [5.74, 6) is 0.586. The van der Waals surface area contributed by atoms with Gasteiger partial charge in [-0.2, -0.15) is 0 Å². The number of para-hydroxylation sites is 1. The molecule has 6 N–H and O–H groups in total. The third kappa shape index (κ3) is 4.62. The normalized spacial score (nSPS) is 10.4. The van der Waals surface area contributed by atoms with Crippen LogP contribution >= 0.6 is 0 Å². The van der Waals surface area contributed by atoms with Crippen LogP contribution in [0, 0.1) is 0 Å². The van der Waals surface area contributed by atoms with Gasteiger partial charge in [-0.25, -0.2) is 4.79 Å². The Morgan fingerprint density at radius 1 is 1.28 bits per heavy atom. The van der Waals surface area contributed by atoms with Gasteiger partial charge in [0, 0.05) is 37.5 Å². The Morgan fingerprint density at radius 2 is 2.04 bits per heavy atom. The molecule has 0 bridgehead atoms. The summed E-state index contributed by atoms with van der Waals surface area (Å²) in [4.78, 5) is 13.6. The lowest BCUT2D eigenvalue weighted by molar-refractivity contribution is 0.256. The molecule has 0 spiro atoms. The van der Waals surface area contributed by atoms with E-state index in [4.69, 9.17) is 16.2 Å². The van der Waals surface area contributed by atoms with Crippen molar-refractivity contribution in [2.45, 2.75) is 6.42 Å². The van der Waals surface area contributed by atoms with Crippen LogP contribution < -0.4 is 26.4 Å². The first kappa shape index (κ1) is 18.6. The molecule has 0 saturated carbocycles. The zero-order chi connectivity index (χ0) is 18.2. The van der Waals surface area contributed by atoms with Gasteiger partial charge in [0.2, 0.25) is 0 Å². The molecule has 134 valence electrons. The van der Waals surface area contributed by atoms with Crippen LogP contribution in [0.25, 0.3) is 0 Å². The lowest BCUT2D eigenvalue weighted by Crippen LogP contribution is -2.32. The zero-order valence-electron chi connectivity index (χ0n) is 14.2. The van der Waals surface area contributed by atoms with Gasteiger partial charge in [0.05, 0.1) is 18.5 Å². The number of ether oxygens (including phenoxy) is 1. The summed E-state index contributed by atoms with van der Waals surface area (Å²) in [6.07, 6.45) is 0.419. The van der Waals surface area contributed by atoms with E-state index >= 15 is 0 Å². The fourth-order valence-corrected chi connectivity index (χ4v) is 2.59. The maximum Gasteiger partial charge on any atom is 0.323 e. The van der Waals surface area contributed by atoms with Crippen molar-refractivity contribution in [3.8, 4) is 5.75 Å². The molecule has 7 nitrogen and oxygen atoms in total. The number of carbonyl (C=O) groups is 1. The summed E-state index contributed by atoms with van der Waals surface area (Å²) >= 11 is 0. The number of anilines is 3. The van der Waals surface area contributed by atoms with Gasteiger partial charge >= 0.3 is 6.03 Å². The number of carbonyl (C=O) groups excluding carboxylic acids is 1. The van der Waals surface area contributed by atoms with Crippen LogP contribution in [0.4, 0.5) is 21.9 Å². The molecule has 0 aliphatic carbocycles. The third-order valence-corrected chi connectivity index (χ3v) is 3.69. The van der Waals surface area contributed by atoms with Crippen LogP contribution in [0.3, 0.4) is 0 Å². The molecule has 0 unspecified atom stereocenters. The number of hydrogen-bond donors (Lipinski definition) is 4. The fourth-order valence-electron chi connectivity index (χ4n) is 2.59. The predicted octanol–water partition coefficient (Wildman–Crippen LogP) is 1.82.